The first-order valence-corrected chi connectivity index (χ1v) is 7.90. The van der Waals surface area contributed by atoms with E-state index in [1.807, 2.05) is 0 Å². The van der Waals surface area contributed by atoms with Gasteiger partial charge in [0, 0.05) is 13.1 Å². The quantitative estimate of drug-likeness (QED) is 0.874. The number of halogens is 1. The third-order valence-corrected chi connectivity index (χ3v) is 4.21. The van der Waals surface area contributed by atoms with E-state index in [0.29, 0.717) is 6.54 Å². The van der Waals surface area contributed by atoms with Gasteiger partial charge in [-0.15, -0.1) is 0 Å². The number of nitrogens with zero attached hydrogens (tertiary/aromatic N) is 1. The van der Waals surface area contributed by atoms with E-state index in [1.165, 1.54) is 12.1 Å². The Bertz CT molecular complexity index is 513. The number of aliphatic hydroxyl groups excluding tert-OH is 1. The van der Waals surface area contributed by atoms with Crippen LogP contribution in [0.15, 0.2) is 18.2 Å². The number of likely N-dealkylation sites (tertiary alicyclic amines) is 1. The Morgan fingerprint density at radius 1 is 1.45 bits per heavy atom. The monoisotopic (exact) mass is 308 g/mol. The molecule has 0 bridgehead atoms. The van der Waals surface area contributed by atoms with Crippen LogP contribution in [0.25, 0.3) is 0 Å². The summed E-state index contributed by atoms with van der Waals surface area (Å²) in [4.78, 5) is 14.2. The molecule has 0 saturated carbocycles. The lowest BCUT2D eigenvalue weighted by Gasteiger charge is -2.31. The van der Waals surface area contributed by atoms with Crippen molar-refractivity contribution in [1.29, 1.82) is 0 Å². The maximum atomic E-state index is 13.7. The lowest BCUT2D eigenvalue weighted by molar-refractivity contribution is 0.0793. The Balaban J connectivity index is 1.78. The minimum atomic E-state index is -0.633. The van der Waals surface area contributed by atoms with Crippen molar-refractivity contribution in [2.24, 2.45) is 5.92 Å². The molecule has 22 heavy (non-hydrogen) atoms. The van der Waals surface area contributed by atoms with E-state index < -0.39 is 17.8 Å². The minimum absolute atomic E-state index is 0.0181. The number of nitrogens with one attached hydrogen (secondary N) is 1. The predicted molar refractivity (Wildman–Crippen MR) is 84.3 cm³/mol. The molecule has 1 aliphatic rings. The summed E-state index contributed by atoms with van der Waals surface area (Å²) in [6.45, 7) is 6.66. The van der Waals surface area contributed by atoms with Crippen molar-refractivity contribution in [2.45, 2.75) is 32.8 Å². The largest absolute Gasteiger partial charge is 0.390 e. The van der Waals surface area contributed by atoms with Gasteiger partial charge in [-0.3, -0.25) is 4.79 Å². The van der Waals surface area contributed by atoms with Crippen molar-refractivity contribution in [1.82, 2.24) is 10.2 Å². The van der Waals surface area contributed by atoms with E-state index in [4.69, 9.17) is 0 Å². The number of hydrogen-bond acceptors (Lipinski definition) is 3. The van der Waals surface area contributed by atoms with Crippen LogP contribution in [0.4, 0.5) is 4.39 Å². The van der Waals surface area contributed by atoms with Crippen molar-refractivity contribution in [3.05, 3.63) is 35.1 Å². The van der Waals surface area contributed by atoms with E-state index in [9.17, 15) is 14.3 Å². The second-order valence-corrected chi connectivity index (χ2v) is 6.33. The summed E-state index contributed by atoms with van der Waals surface area (Å²) in [7, 11) is 0. The molecule has 1 saturated heterocycles. The summed E-state index contributed by atoms with van der Waals surface area (Å²) in [6, 6.07) is 4.50. The molecule has 2 N–H and O–H groups in total. The highest BCUT2D eigenvalue weighted by Gasteiger charge is 2.19. The van der Waals surface area contributed by atoms with Crippen molar-refractivity contribution >= 4 is 5.91 Å². The van der Waals surface area contributed by atoms with Crippen LogP contribution in [-0.4, -0.2) is 48.2 Å². The number of carbonyl (C=O) groups is 1. The van der Waals surface area contributed by atoms with E-state index >= 15 is 0 Å². The molecule has 0 spiro atoms. The molecule has 1 heterocycles. The van der Waals surface area contributed by atoms with Gasteiger partial charge in [0.15, 0.2) is 0 Å². The first-order chi connectivity index (χ1) is 10.5. The first kappa shape index (κ1) is 16.9. The molecule has 1 aromatic rings. The van der Waals surface area contributed by atoms with Gasteiger partial charge in [0.25, 0.3) is 5.91 Å². The van der Waals surface area contributed by atoms with Crippen molar-refractivity contribution < 1.29 is 14.3 Å². The number of carbonyl (C=O) groups excluding carboxylic acids is 1. The second kappa shape index (κ2) is 7.70. The number of piperidine rings is 1. The van der Waals surface area contributed by atoms with Gasteiger partial charge in [0.2, 0.25) is 0 Å². The minimum Gasteiger partial charge on any atom is -0.390 e. The zero-order valence-electron chi connectivity index (χ0n) is 13.3. The number of benzene rings is 1. The maximum absolute atomic E-state index is 13.7. The molecule has 4 nitrogen and oxygen atoms in total. The Morgan fingerprint density at radius 2 is 2.14 bits per heavy atom. The zero-order chi connectivity index (χ0) is 16.1. The number of aliphatic hydroxyl groups is 1. The molecule has 122 valence electrons. The fraction of sp³-hybridized carbons (Fsp3) is 0.588. The molecule has 2 rings (SSSR count). The standard InChI is InChI=1S/C17H25FN2O2/c1-12-5-7-20(8-6-12)11-14(21)10-19-17(22)15-4-3-13(2)9-16(15)18/h3-4,9,12,14,21H,5-8,10-11H2,1-2H3,(H,19,22). The third kappa shape index (κ3) is 4.78. The van der Waals surface area contributed by atoms with Crippen LogP contribution in [0.3, 0.4) is 0 Å². The number of rotatable bonds is 5. The molecular formula is C17H25FN2O2. The topological polar surface area (TPSA) is 52.6 Å². The molecule has 0 aromatic heterocycles. The van der Waals surface area contributed by atoms with Gasteiger partial charge in [-0.05, 0) is 56.5 Å². The SMILES string of the molecule is Cc1ccc(C(=O)NCC(O)CN2CCC(C)CC2)c(F)c1. The summed E-state index contributed by atoms with van der Waals surface area (Å²) in [5.41, 5.74) is 0.790. The van der Waals surface area contributed by atoms with E-state index in [0.717, 1.165) is 37.4 Å². The Kier molecular flexibility index (Phi) is 5.91. The maximum Gasteiger partial charge on any atom is 0.254 e. The first-order valence-electron chi connectivity index (χ1n) is 7.90. The van der Waals surface area contributed by atoms with Crippen LogP contribution < -0.4 is 5.32 Å². The summed E-state index contributed by atoms with van der Waals surface area (Å²) < 4.78 is 13.7. The predicted octanol–water partition coefficient (Wildman–Crippen LogP) is 1.96. The van der Waals surface area contributed by atoms with Crippen molar-refractivity contribution in [3.63, 3.8) is 0 Å². The van der Waals surface area contributed by atoms with Gasteiger partial charge in [0.05, 0.1) is 11.7 Å². The summed E-state index contributed by atoms with van der Waals surface area (Å²) >= 11 is 0. The number of hydrogen-bond donors (Lipinski definition) is 2. The van der Waals surface area contributed by atoms with Crippen LogP contribution in [0, 0.1) is 18.7 Å². The summed E-state index contributed by atoms with van der Waals surface area (Å²) in [5.74, 6) is -0.265. The van der Waals surface area contributed by atoms with Crippen molar-refractivity contribution in [3.8, 4) is 0 Å². The van der Waals surface area contributed by atoms with Gasteiger partial charge in [-0.1, -0.05) is 13.0 Å². The van der Waals surface area contributed by atoms with E-state index in [1.54, 1.807) is 13.0 Å². The molecule has 1 unspecified atom stereocenters. The van der Waals surface area contributed by atoms with Crippen LogP contribution in [0.5, 0.6) is 0 Å². The number of aryl methyl sites for hydroxylation is 1. The molecule has 1 aliphatic heterocycles. The Morgan fingerprint density at radius 3 is 2.77 bits per heavy atom. The highest BCUT2D eigenvalue weighted by atomic mass is 19.1. The molecule has 1 amide bonds. The lowest BCUT2D eigenvalue weighted by Crippen LogP contribution is -2.43. The van der Waals surface area contributed by atoms with Gasteiger partial charge in [0.1, 0.15) is 5.82 Å². The molecule has 0 aliphatic carbocycles. The second-order valence-electron chi connectivity index (χ2n) is 6.33. The average molecular weight is 308 g/mol. The highest BCUT2D eigenvalue weighted by Crippen LogP contribution is 2.16. The lowest BCUT2D eigenvalue weighted by atomic mass is 9.99. The summed E-state index contributed by atoms with van der Waals surface area (Å²) in [5, 5.41) is 12.6. The average Bonchev–Trinajstić information content (AvgIpc) is 2.47. The molecule has 1 aromatic carbocycles. The molecule has 1 fully saturated rings. The fourth-order valence-electron chi connectivity index (χ4n) is 2.72. The van der Waals surface area contributed by atoms with Crippen LogP contribution in [-0.2, 0) is 0 Å². The van der Waals surface area contributed by atoms with Gasteiger partial charge in [-0.25, -0.2) is 4.39 Å². The fourth-order valence-corrected chi connectivity index (χ4v) is 2.72. The van der Waals surface area contributed by atoms with Gasteiger partial charge >= 0.3 is 0 Å². The Labute approximate surface area is 131 Å². The van der Waals surface area contributed by atoms with Crippen LogP contribution in [0.2, 0.25) is 0 Å². The highest BCUT2D eigenvalue weighted by molar-refractivity contribution is 5.94. The normalized spacial score (nSPS) is 18.2. The van der Waals surface area contributed by atoms with Crippen LogP contribution >= 0.6 is 0 Å². The van der Waals surface area contributed by atoms with E-state index in [-0.39, 0.29) is 12.1 Å². The Hall–Kier alpha value is -1.46. The molecule has 0 radical (unpaired) electrons. The van der Waals surface area contributed by atoms with Gasteiger partial charge in [-0.2, -0.15) is 0 Å². The van der Waals surface area contributed by atoms with E-state index in [2.05, 4.69) is 17.1 Å². The number of amides is 1. The summed E-state index contributed by atoms with van der Waals surface area (Å²) in [6.07, 6.45) is 1.66. The van der Waals surface area contributed by atoms with Gasteiger partial charge < -0.3 is 15.3 Å². The molecule has 1 atom stereocenters. The molecular weight excluding hydrogens is 283 g/mol. The zero-order valence-corrected chi connectivity index (χ0v) is 13.3. The van der Waals surface area contributed by atoms with Crippen molar-refractivity contribution in [2.75, 3.05) is 26.2 Å². The molecule has 5 heteroatoms. The van der Waals surface area contributed by atoms with Crippen LogP contribution in [0.1, 0.15) is 35.7 Å². The number of β-amino-alcohol motifs (C(OH)–C–C–N with tert-alkyl or cyclic N) is 1. The smallest absolute Gasteiger partial charge is 0.254 e. The third-order valence-electron chi connectivity index (χ3n) is 4.21.